The Morgan fingerprint density at radius 1 is 1.38 bits per heavy atom. The Bertz CT molecular complexity index is 187. The Balaban J connectivity index is 2.30. The fraction of sp³-hybridized carbons (Fsp3) is 0.900. The summed E-state index contributed by atoms with van der Waals surface area (Å²) in [6, 6.07) is -0.0569. The summed E-state index contributed by atoms with van der Waals surface area (Å²) in [6.07, 6.45) is 2.50. The van der Waals surface area contributed by atoms with Crippen LogP contribution in [0.5, 0.6) is 0 Å². The van der Waals surface area contributed by atoms with Gasteiger partial charge in [-0.1, -0.05) is 13.8 Å². The van der Waals surface area contributed by atoms with Crippen molar-refractivity contribution in [3.05, 3.63) is 0 Å². The summed E-state index contributed by atoms with van der Waals surface area (Å²) in [4.78, 5) is 11.5. The second kappa shape index (κ2) is 4.09. The van der Waals surface area contributed by atoms with Gasteiger partial charge in [0.25, 0.3) is 0 Å². The molecule has 0 aromatic carbocycles. The molecule has 0 aromatic heterocycles. The minimum Gasteiger partial charge on any atom is -0.352 e. The van der Waals surface area contributed by atoms with Gasteiger partial charge in [-0.05, 0) is 31.6 Å². The molecule has 1 fully saturated rings. The molecule has 2 atom stereocenters. The zero-order valence-corrected chi connectivity index (χ0v) is 8.71. The number of carbonyl (C=O) groups is 1. The number of nitrogens with one attached hydrogen (secondary N) is 1. The molecule has 3 N–H and O–H groups in total. The highest BCUT2D eigenvalue weighted by atomic mass is 16.2. The van der Waals surface area contributed by atoms with Crippen molar-refractivity contribution in [1.29, 1.82) is 0 Å². The van der Waals surface area contributed by atoms with Crippen molar-refractivity contribution in [1.82, 2.24) is 5.32 Å². The lowest BCUT2D eigenvalue weighted by Gasteiger charge is -2.19. The van der Waals surface area contributed by atoms with E-state index in [1.165, 1.54) is 12.8 Å². The van der Waals surface area contributed by atoms with Gasteiger partial charge in [0.05, 0.1) is 6.04 Å². The third kappa shape index (κ3) is 2.99. The Labute approximate surface area is 80.1 Å². The molecule has 1 aliphatic rings. The van der Waals surface area contributed by atoms with Crippen LogP contribution >= 0.6 is 0 Å². The van der Waals surface area contributed by atoms with E-state index in [1.54, 1.807) is 0 Å². The molecule has 13 heavy (non-hydrogen) atoms. The van der Waals surface area contributed by atoms with Crippen LogP contribution in [0, 0.1) is 11.8 Å². The number of rotatable bonds is 4. The Hall–Kier alpha value is -0.570. The van der Waals surface area contributed by atoms with Crippen LogP contribution in [0.3, 0.4) is 0 Å². The SMILES string of the molecule is CC(NC(=O)[C@@H](N)C(C)C)C1CC1. The second-order valence-corrected chi connectivity index (χ2v) is 4.40. The summed E-state index contributed by atoms with van der Waals surface area (Å²) in [7, 11) is 0. The average Bonchev–Trinajstić information content (AvgIpc) is 2.84. The maximum absolute atomic E-state index is 11.5. The van der Waals surface area contributed by atoms with Crippen molar-refractivity contribution < 1.29 is 4.79 Å². The summed E-state index contributed by atoms with van der Waals surface area (Å²) < 4.78 is 0. The van der Waals surface area contributed by atoms with Crippen LogP contribution in [0.1, 0.15) is 33.6 Å². The summed E-state index contributed by atoms with van der Waals surface area (Å²) in [5.74, 6) is 0.907. The van der Waals surface area contributed by atoms with Gasteiger partial charge in [-0.3, -0.25) is 4.79 Å². The number of nitrogens with two attached hydrogens (primary N) is 1. The second-order valence-electron chi connectivity index (χ2n) is 4.40. The first-order chi connectivity index (χ1) is 6.02. The largest absolute Gasteiger partial charge is 0.352 e. The first kappa shape index (κ1) is 10.5. The van der Waals surface area contributed by atoms with E-state index >= 15 is 0 Å². The Morgan fingerprint density at radius 2 is 1.92 bits per heavy atom. The smallest absolute Gasteiger partial charge is 0.237 e. The van der Waals surface area contributed by atoms with Crippen LogP contribution in [0.2, 0.25) is 0 Å². The van der Waals surface area contributed by atoms with E-state index in [9.17, 15) is 4.79 Å². The summed E-state index contributed by atoms with van der Waals surface area (Å²) >= 11 is 0. The van der Waals surface area contributed by atoms with Gasteiger partial charge in [-0.25, -0.2) is 0 Å². The molecule has 76 valence electrons. The van der Waals surface area contributed by atoms with Gasteiger partial charge in [-0.2, -0.15) is 0 Å². The third-order valence-electron chi connectivity index (χ3n) is 2.72. The topological polar surface area (TPSA) is 55.1 Å². The zero-order chi connectivity index (χ0) is 10.0. The molecular weight excluding hydrogens is 164 g/mol. The molecule has 0 aromatic rings. The lowest BCUT2D eigenvalue weighted by atomic mass is 10.0. The van der Waals surface area contributed by atoms with Gasteiger partial charge in [0, 0.05) is 6.04 Å². The van der Waals surface area contributed by atoms with Crippen LogP contribution in [-0.4, -0.2) is 18.0 Å². The highest BCUT2D eigenvalue weighted by Gasteiger charge is 2.30. The van der Waals surface area contributed by atoms with E-state index in [-0.39, 0.29) is 17.9 Å². The molecule has 0 spiro atoms. The van der Waals surface area contributed by atoms with E-state index in [1.807, 2.05) is 13.8 Å². The van der Waals surface area contributed by atoms with Crippen LogP contribution < -0.4 is 11.1 Å². The van der Waals surface area contributed by atoms with E-state index in [2.05, 4.69) is 12.2 Å². The van der Waals surface area contributed by atoms with Crippen molar-refractivity contribution in [3.8, 4) is 0 Å². The van der Waals surface area contributed by atoms with Crippen molar-refractivity contribution in [2.75, 3.05) is 0 Å². The number of hydrogen-bond acceptors (Lipinski definition) is 2. The fourth-order valence-electron chi connectivity index (χ4n) is 1.34. The van der Waals surface area contributed by atoms with Gasteiger partial charge in [-0.15, -0.1) is 0 Å². The van der Waals surface area contributed by atoms with Crippen LogP contribution in [0.15, 0.2) is 0 Å². The molecule has 0 saturated heterocycles. The van der Waals surface area contributed by atoms with Crippen molar-refractivity contribution in [2.45, 2.75) is 45.7 Å². The first-order valence-corrected chi connectivity index (χ1v) is 5.08. The van der Waals surface area contributed by atoms with Gasteiger partial charge in [0.15, 0.2) is 0 Å². The molecule has 1 amide bonds. The molecular formula is C10H20N2O. The van der Waals surface area contributed by atoms with Gasteiger partial charge < -0.3 is 11.1 Å². The molecule has 0 heterocycles. The lowest BCUT2D eigenvalue weighted by Crippen LogP contribution is -2.47. The Kier molecular flexibility index (Phi) is 3.31. The van der Waals surface area contributed by atoms with E-state index in [0.717, 1.165) is 0 Å². The normalized spacial score (nSPS) is 21.3. The van der Waals surface area contributed by atoms with Gasteiger partial charge in [0.2, 0.25) is 5.91 Å². The average molecular weight is 184 g/mol. The molecule has 3 heteroatoms. The third-order valence-corrected chi connectivity index (χ3v) is 2.72. The van der Waals surface area contributed by atoms with Gasteiger partial charge in [0.1, 0.15) is 0 Å². The molecule has 1 aliphatic carbocycles. The number of hydrogen-bond donors (Lipinski definition) is 2. The lowest BCUT2D eigenvalue weighted by molar-refractivity contribution is -0.123. The number of carbonyl (C=O) groups excluding carboxylic acids is 1. The number of amides is 1. The Morgan fingerprint density at radius 3 is 2.31 bits per heavy atom. The fourth-order valence-corrected chi connectivity index (χ4v) is 1.34. The molecule has 0 bridgehead atoms. The van der Waals surface area contributed by atoms with Crippen LogP contribution in [0.25, 0.3) is 0 Å². The highest BCUT2D eigenvalue weighted by Crippen LogP contribution is 2.32. The highest BCUT2D eigenvalue weighted by molar-refractivity contribution is 5.82. The monoisotopic (exact) mass is 184 g/mol. The van der Waals surface area contributed by atoms with Crippen LogP contribution in [0.4, 0.5) is 0 Å². The molecule has 3 nitrogen and oxygen atoms in total. The predicted molar refractivity (Wildman–Crippen MR) is 53.1 cm³/mol. The minimum absolute atomic E-state index is 0.00519. The molecule has 0 aliphatic heterocycles. The predicted octanol–water partition coefficient (Wildman–Crippen LogP) is 0.884. The zero-order valence-electron chi connectivity index (χ0n) is 8.71. The maximum atomic E-state index is 11.5. The van der Waals surface area contributed by atoms with Crippen molar-refractivity contribution >= 4 is 5.91 Å². The first-order valence-electron chi connectivity index (χ1n) is 5.08. The molecule has 0 radical (unpaired) electrons. The molecule has 1 saturated carbocycles. The molecule has 1 unspecified atom stereocenters. The van der Waals surface area contributed by atoms with E-state index in [4.69, 9.17) is 5.73 Å². The van der Waals surface area contributed by atoms with E-state index < -0.39 is 0 Å². The minimum atomic E-state index is -0.360. The summed E-state index contributed by atoms with van der Waals surface area (Å²) in [5, 5.41) is 2.96. The van der Waals surface area contributed by atoms with Gasteiger partial charge >= 0.3 is 0 Å². The van der Waals surface area contributed by atoms with E-state index in [0.29, 0.717) is 12.0 Å². The molecule has 1 rings (SSSR count). The summed E-state index contributed by atoms with van der Waals surface area (Å²) in [5.41, 5.74) is 5.72. The maximum Gasteiger partial charge on any atom is 0.237 e. The van der Waals surface area contributed by atoms with Crippen molar-refractivity contribution in [2.24, 2.45) is 17.6 Å². The van der Waals surface area contributed by atoms with Crippen LogP contribution in [-0.2, 0) is 4.79 Å². The summed E-state index contributed by atoms with van der Waals surface area (Å²) in [6.45, 7) is 5.99. The standard InChI is InChI=1S/C10H20N2O/c1-6(2)9(11)10(13)12-7(3)8-4-5-8/h6-9H,4-5,11H2,1-3H3,(H,12,13)/t7?,9-/m0/s1. The quantitative estimate of drug-likeness (QED) is 0.681. The van der Waals surface area contributed by atoms with Crippen molar-refractivity contribution in [3.63, 3.8) is 0 Å².